The zero-order chi connectivity index (χ0) is 14.4. The van der Waals surface area contributed by atoms with E-state index in [0.717, 1.165) is 31.0 Å². The summed E-state index contributed by atoms with van der Waals surface area (Å²) in [6.07, 6.45) is 3.62. The number of nitrogens with zero attached hydrogens (tertiary/aromatic N) is 1. The van der Waals surface area contributed by atoms with Gasteiger partial charge in [-0.25, -0.2) is 0 Å². The molecule has 0 spiro atoms. The first-order valence-electron chi connectivity index (χ1n) is 7.36. The Morgan fingerprint density at radius 1 is 1.25 bits per heavy atom. The lowest BCUT2D eigenvalue weighted by atomic mass is 10.1. The average molecular weight is 278 g/mol. The zero-order valence-corrected chi connectivity index (χ0v) is 12.8. The number of methoxy groups -OCH3 is 2. The molecule has 1 atom stereocenters. The van der Waals surface area contributed by atoms with Crippen LogP contribution >= 0.6 is 0 Å². The molecule has 1 aromatic carbocycles. The van der Waals surface area contributed by atoms with Gasteiger partial charge in [-0.05, 0) is 50.6 Å². The van der Waals surface area contributed by atoms with Gasteiger partial charge < -0.3 is 19.7 Å². The van der Waals surface area contributed by atoms with Gasteiger partial charge in [0.2, 0.25) is 0 Å². The van der Waals surface area contributed by atoms with Crippen LogP contribution in [-0.4, -0.2) is 51.8 Å². The summed E-state index contributed by atoms with van der Waals surface area (Å²) in [5.74, 6) is 1.60. The van der Waals surface area contributed by atoms with Crippen LogP contribution in [0.3, 0.4) is 0 Å². The van der Waals surface area contributed by atoms with E-state index in [2.05, 4.69) is 29.4 Å². The van der Waals surface area contributed by atoms with E-state index in [1.54, 1.807) is 14.2 Å². The van der Waals surface area contributed by atoms with Crippen LogP contribution in [0.25, 0.3) is 0 Å². The molecule has 1 aliphatic rings. The lowest BCUT2D eigenvalue weighted by Gasteiger charge is -2.31. The Kier molecular flexibility index (Phi) is 5.68. The van der Waals surface area contributed by atoms with Gasteiger partial charge >= 0.3 is 0 Å². The minimum absolute atomic E-state index is 0.670. The van der Waals surface area contributed by atoms with Crippen molar-refractivity contribution in [2.24, 2.45) is 0 Å². The van der Waals surface area contributed by atoms with Crippen LogP contribution in [0, 0.1) is 0 Å². The number of hydrogen-bond acceptors (Lipinski definition) is 4. The van der Waals surface area contributed by atoms with Gasteiger partial charge in [0.1, 0.15) is 0 Å². The van der Waals surface area contributed by atoms with E-state index in [-0.39, 0.29) is 0 Å². The molecular formula is C16H26N2O2. The van der Waals surface area contributed by atoms with Crippen LogP contribution in [0.2, 0.25) is 0 Å². The minimum atomic E-state index is 0.670. The highest BCUT2D eigenvalue weighted by Gasteiger charge is 2.17. The summed E-state index contributed by atoms with van der Waals surface area (Å²) in [5.41, 5.74) is 1.29. The third-order valence-electron chi connectivity index (χ3n) is 4.10. The molecule has 4 nitrogen and oxygen atoms in total. The van der Waals surface area contributed by atoms with Crippen molar-refractivity contribution in [3.05, 3.63) is 23.8 Å². The number of nitrogens with one attached hydrogen (secondary N) is 1. The molecule has 0 radical (unpaired) electrons. The van der Waals surface area contributed by atoms with Crippen molar-refractivity contribution in [1.29, 1.82) is 0 Å². The quantitative estimate of drug-likeness (QED) is 0.862. The Labute approximate surface area is 122 Å². The number of likely N-dealkylation sites (N-methyl/N-ethyl adjacent to an activating group) is 1. The molecule has 2 rings (SSSR count). The second-order valence-corrected chi connectivity index (χ2v) is 5.42. The van der Waals surface area contributed by atoms with Gasteiger partial charge in [-0.3, -0.25) is 0 Å². The van der Waals surface area contributed by atoms with E-state index in [1.165, 1.54) is 24.9 Å². The van der Waals surface area contributed by atoms with E-state index >= 15 is 0 Å². The van der Waals surface area contributed by atoms with Crippen molar-refractivity contribution in [2.45, 2.75) is 25.3 Å². The molecular weight excluding hydrogens is 252 g/mol. The van der Waals surface area contributed by atoms with Crippen molar-refractivity contribution in [1.82, 2.24) is 10.2 Å². The Balaban J connectivity index is 1.89. The van der Waals surface area contributed by atoms with Crippen LogP contribution in [0.15, 0.2) is 18.2 Å². The number of piperidine rings is 1. The molecule has 0 unspecified atom stereocenters. The van der Waals surface area contributed by atoms with Crippen molar-refractivity contribution in [2.75, 3.05) is 40.9 Å². The smallest absolute Gasteiger partial charge is 0.160 e. The monoisotopic (exact) mass is 278 g/mol. The summed E-state index contributed by atoms with van der Waals surface area (Å²) in [6.45, 7) is 3.35. The summed E-state index contributed by atoms with van der Waals surface area (Å²) < 4.78 is 10.6. The molecule has 1 N–H and O–H groups in total. The highest BCUT2D eigenvalue weighted by Crippen LogP contribution is 2.27. The molecule has 0 amide bonds. The molecule has 1 aliphatic heterocycles. The van der Waals surface area contributed by atoms with Gasteiger partial charge in [-0.1, -0.05) is 6.07 Å². The maximum absolute atomic E-state index is 5.35. The van der Waals surface area contributed by atoms with Crippen LogP contribution < -0.4 is 14.8 Å². The van der Waals surface area contributed by atoms with Crippen LogP contribution in [0.5, 0.6) is 11.5 Å². The van der Waals surface area contributed by atoms with Gasteiger partial charge in [-0.2, -0.15) is 0 Å². The lowest BCUT2D eigenvalue weighted by Crippen LogP contribution is -2.44. The minimum Gasteiger partial charge on any atom is -0.493 e. The fraction of sp³-hybridized carbons (Fsp3) is 0.625. The molecule has 0 aliphatic carbocycles. The summed E-state index contributed by atoms with van der Waals surface area (Å²) in [7, 11) is 5.57. The molecule has 20 heavy (non-hydrogen) atoms. The molecule has 1 fully saturated rings. The van der Waals surface area contributed by atoms with Crippen molar-refractivity contribution in [3.63, 3.8) is 0 Å². The summed E-state index contributed by atoms with van der Waals surface area (Å²) in [4.78, 5) is 2.46. The molecule has 1 heterocycles. The van der Waals surface area contributed by atoms with E-state index in [4.69, 9.17) is 9.47 Å². The van der Waals surface area contributed by atoms with Crippen LogP contribution in [0.1, 0.15) is 18.4 Å². The third kappa shape index (κ3) is 3.87. The summed E-state index contributed by atoms with van der Waals surface area (Å²) in [5, 5.41) is 3.47. The predicted molar refractivity (Wildman–Crippen MR) is 81.8 cm³/mol. The van der Waals surface area contributed by atoms with Gasteiger partial charge in [0.15, 0.2) is 11.5 Å². The number of rotatable bonds is 6. The van der Waals surface area contributed by atoms with E-state index in [0.29, 0.717) is 6.04 Å². The van der Waals surface area contributed by atoms with E-state index < -0.39 is 0 Å². The standard InChI is InChI=1S/C16H26N2O2/c1-18(14-5-4-9-17-12-14)10-8-13-6-7-15(19-2)16(11-13)20-3/h6-7,11,14,17H,4-5,8-10,12H2,1-3H3/t14-/m1/s1. The fourth-order valence-corrected chi connectivity index (χ4v) is 2.73. The van der Waals surface area contributed by atoms with Crippen LogP contribution in [0.4, 0.5) is 0 Å². The van der Waals surface area contributed by atoms with Crippen molar-refractivity contribution in [3.8, 4) is 11.5 Å². The highest BCUT2D eigenvalue weighted by atomic mass is 16.5. The van der Waals surface area contributed by atoms with Crippen LogP contribution in [-0.2, 0) is 6.42 Å². The molecule has 0 saturated carbocycles. The summed E-state index contributed by atoms with van der Waals surface area (Å²) >= 11 is 0. The Morgan fingerprint density at radius 2 is 2.05 bits per heavy atom. The maximum atomic E-state index is 5.35. The average Bonchev–Trinajstić information content (AvgIpc) is 2.53. The molecule has 112 valence electrons. The molecule has 1 saturated heterocycles. The first-order chi connectivity index (χ1) is 9.74. The fourth-order valence-electron chi connectivity index (χ4n) is 2.73. The van der Waals surface area contributed by atoms with E-state index in [1.807, 2.05) is 6.07 Å². The zero-order valence-electron chi connectivity index (χ0n) is 12.8. The number of ether oxygens (including phenoxy) is 2. The van der Waals surface area contributed by atoms with Crippen molar-refractivity contribution >= 4 is 0 Å². The SMILES string of the molecule is COc1ccc(CCN(C)[C@@H]2CCCNC2)cc1OC. The van der Waals surface area contributed by atoms with Crippen molar-refractivity contribution < 1.29 is 9.47 Å². The number of hydrogen-bond donors (Lipinski definition) is 1. The summed E-state index contributed by atoms with van der Waals surface area (Å²) in [6, 6.07) is 6.85. The Morgan fingerprint density at radius 3 is 2.70 bits per heavy atom. The van der Waals surface area contributed by atoms with Gasteiger partial charge in [-0.15, -0.1) is 0 Å². The van der Waals surface area contributed by atoms with E-state index in [9.17, 15) is 0 Å². The third-order valence-corrected chi connectivity index (χ3v) is 4.10. The number of benzene rings is 1. The predicted octanol–water partition coefficient (Wildman–Crippen LogP) is 1.93. The normalized spacial score (nSPS) is 19.1. The lowest BCUT2D eigenvalue weighted by molar-refractivity contribution is 0.205. The Hall–Kier alpha value is -1.26. The maximum Gasteiger partial charge on any atom is 0.160 e. The van der Waals surface area contributed by atoms with Gasteiger partial charge in [0.25, 0.3) is 0 Å². The molecule has 0 aromatic heterocycles. The topological polar surface area (TPSA) is 33.7 Å². The first kappa shape index (κ1) is 15.1. The first-order valence-corrected chi connectivity index (χ1v) is 7.36. The second kappa shape index (κ2) is 7.50. The highest BCUT2D eigenvalue weighted by molar-refractivity contribution is 5.42. The molecule has 0 bridgehead atoms. The molecule has 4 heteroatoms. The van der Waals surface area contributed by atoms with Gasteiger partial charge in [0, 0.05) is 19.1 Å². The Bertz CT molecular complexity index is 417. The second-order valence-electron chi connectivity index (χ2n) is 5.42. The largest absolute Gasteiger partial charge is 0.493 e. The van der Waals surface area contributed by atoms with Gasteiger partial charge in [0.05, 0.1) is 14.2 Å². The molecule has 1 aromatic rings.